The molecule has 0 aliphatic carbocycles. The number of rotatable bonds is 2. The highest BCUT2D eigenvalue weighted by atomic mass is 15.2. The van der Waals surface area contributed by atoms with E-state index in [0.717, 1.165) is 38.8 Å². The summed E-state index contributed by atoms with van der Waals surface area (Å²) in [6.07, 6.45) is 0. The van der Waals surface area contributed by atoms with E-state index in [9.17, 15) is 0 Å². The number of para-hydroxylation sites is 5. The largest absolute Gasteiger partial charge is 0.308 e. The molecule has 0 saturated carbocycles. The Morgan fingerprint density at radius 2 is 0.906 bits per heavy atom. The van der Waals surface area contributed by atoms with Crippen molar-refractivity contribution in [3.8, 4) is 11.8 Å². The van der Waals surface area contributed by atoms with Crippen molar-refractivity contribution < 1.29 is 0 Å². The summed E-state index contributed by atoms with van der Waals surface area (Å²) in [5, 5.41) is 13.4. The van der Waals surface area contributed by atoms with Crippen LogP contribution in [0.3, 0.4) is 0 Å². The highest BCUT2D eigenvalue weighted by Gasteiger charge is 2.26. The van der Waals surface area contributed by atoms with E-state index in [4.69, 9.17) is 9.97 Å². The molecule has 0 aliphatic rings. The maximum atomic E-state index is 5.62. The Balaban J connectivity index is 1.29. The first-order chi connectivity index (χ1) is 26.3. The molecular weight excluding hydrogens is 647 g/mol. The van der Waals surface area contributed by atoms with Crippen molar-refractivity contribution in [1.82, 2.24) is 23.5 Å². The third kappa shape index (κ3) is 3.37. The van der Waals surface area contributed by atoms with E-state index in [0.29, 0.717) is 5.95 Å². The van der Waals surface area contributed by atoms with Gasteiger partial charge in [-0.1, -0.05) is 115 Å². The molecule has 0 spiro atoms. The smallest absolute Gasteiger partial charge is 0.237 e. The number of hydrogen-bond acceptors (Lipinski definition) is 2. The van der Waals surface area contributed by atoms with Gasteiger partial charge in [0.1, 0.15) is 0 Å². The van der Waals surface area contributed by atoms with E-state index in [-0.39, 0.29) is 0 Å². The van der Waals surface area contributed by atoms with E-state index < -0.39 is 0 Å². The van der Waals surface area contributed by atoms with Gasteiger partial charge in [0.2, 0.25) is 5.95 Å². The highest BCUT2D eigenvalue weighted by molar-refractivity contribution is 6.38. The molecule has 5 aromatic heterocycles. The molecule has 0 saturated heterocycles. The quantitative estimate of drug-likeness (QED) is 0.183. The second-order valence-corrected chi connectivity index (χ2v) is 14.2. The van der Waals surface area contributed by atoms with Crippen molar-refractivity contribution in [2.45, 2.75) is 0 Å². The summed E-state index contributed by atoms with van der Waals surface area (Å²) < 4.78 is 7.12. The number of benzene rings is 8. The van der Waals surface area contributed by atoms with Crippen molar-refractivity contribution in [3.63, 3.8) is 0 Å². The van der Waals surface area contributed by atoms with Crippen LogP contribution < -0.4 is 0 Å². The summed E-state index contributed by atoms with van der Waals surface area (Å²) in [5.41, 5.74) is 9.05. The summed E-state index contributed by atoms with van der Waals surface area (Å²) in [7, 11) is 0. The van der Waals surface area contributed by atoms with E-state index >= 15 is 0 Å². The molecule has 0 atom stereocenters. The molecule has 0 radical (unpaired) electrons. The van der Waals surface area contributed by atoms with E-state index in [2.05, 4.69) is 177 Å². The standard InChI is InChI=1S/C48H27N5/c1-2-14-29-28(13-1)25-26-41-43(29)45-42(27-35-32-17-6-9-21-37(32)51-40-24-12-7-19-34(40)44(45)46(35)51)52(41)47-33-18-3-8-20-36(33)49-48(50-47)53-38-22-10-4-15-30(38)31-16-5-11-23-39(31)53/h1-27H. The number of nitrogens with zero attached hydrogens (tertiary/aromatic N) is 5. The number of hydrogen-bond donors (Lipinski definition) is 0. The molecule has 13 rings (SSSR count). The van der Waals surface area contributed by atoms with Gasteiger partial charge < -0.3 is 4.40 Å². The Labute approximate surface area is 301 Å². The number of aromatic nitrogens is 5. The van der Waals surface area contributed by atoms with Crippen molar-refractivity contribution in [2.24, 2.45) is 0 Å². The summed E-state index contributed by atoms with van der Waals surface area (Å²) in [5.74, 6) is 1.52. The summed E-state index contributed by atoms with van der Waals surface area (Å²) in [6.45, 7) is 0. The third-order valence-corrected chi connectivity index (χ3v) is 11.6. The van der Waals surface area contributed by atoms with Crippen LogP contribution in [-0.2, 0) is 0 Å². The zero-order chi connectivity index (χ0) is 34.4. The average Bonchev–Trinajstić information content (AvgIpc) is 3.94. The summed E-state index contributed by atoms with van der Waals surface area (Å²) in [4.78, 5) is 10.9. The van der Waals surface area contributed by atoms with Crippen molar-refractivity contribution in [2.75, 3.05) is 0 Å². The van der Waals surface area contributed by atoms with E-state index in [1.165, 1.54) is 70.4 Å². The van der Waals surface area contributed by atoms with Crippen LogP contribution in [0.15, 0.2) is 164 Å². The molecular formula is C48H27N5. The van der Waals surface area contributed by atoms with Gasteiger partial charge in [-0.05, 0) is 59.3 Å². The van der Waals surface area contributed by atoms with E-state index in [1.54, 1.807) is 0 Å². The fourth-order valence-electron chi connectivity index (χ4n) is 9.46. The zero-order valence-electron chi connectivity index (χ0n) is 28.3. The maximum absolute atomic E-state index is 5.62. The minimum Gasteiger partial charge on any atom is -0.308 e. The second kappa shape index (κ2) is 9.75. The molecule has 0 aliphatic heterocycles. The fraction of sp³-hybridized carbons (Fsp3) is 0. The average molecular weight is 674 g/mol. The van der Waals surface area contributed by atoms with Crippen LogP contribution in [0.5, 0.6) is 0 Å². The number of fused-ring (bicyclic) bond motifs is 16. The Morgan fingerprint density at radius 3 is 1.64 bits per heavy atom. The molecule has 244 valence electrons. The lowest BCUT2D eigenvalue weighted by atomic mass is 9.99. The molecule has 5 heteroatoms. The Morgan fingerprint density at radius 1 is 0.340 bits per heavy atom. The van der Waals surface area contributed by atoms with Crippen LogP contribution in [0.1, 0.15) is 0 Å². The first kappa shape index (κ1) is 27.5. The van der Waals surface area contributed by atoms with Crippen LogP contribution in [0.4, 0.5) is 0 Å². The molecule has 5 heterocycles. The lowest BCUT2D eigenvalue weighted by Gasteiger charge is -2.14. The van der Waals surface area contributed by atoms with Gasteiger partial charge in [-0.25, -0.2) is 4.98 Å². The first-order valence-electron chi connectivity index (χ1n) is 18.1. The molecule has 0 N–H and O–H groups in total. The minimum atomic E-state index is 0.652. The zero-order valence-corrected chi connectivity index (χ0v) is 28.3. The Bertz CT molecular complexity index is 3640. The normalized spacial score (nSPS) is 12.5. The van der Waals surface area contributed by atoms with Crippen molar-refractivity contribution in [1.29, 1.82) is 0 Å². The maximum Gasteiger partial charge on any atom is 0.237 e. The molecule has 8 aromatic carbocycles. The molecule has 13 aromatic rings. The van der Waals surface area contributed by atoms with Crippen LogP contribution >= 0.6 is 0 Å². The molecule has 0 bridgehead atoms. The summed E-state index contributed by atoms with van der Waals surface area (Å²) >= 11 is 0. The fourth-order valence-corrected chi connectivity index (χ4v) is 9.46. The Kier molecular flexibility index (Phi) is 5.06. The van der Waals surface area contributed by atoms with Gasteiger partial charge in [-0.3, -0.25) is 9.13 Å². The van der Waals surface area contributed by atoms with Crippen LogP contribution in [0, 0.1) is 0 Å². The Hall–Kier alpha value is -7.24. The monoisotopic (exact) mass is 673 g/mol. The SMILES string of the molecule is c1ccc2c(c1)ccc1c2c2c3c4ccccc4n4c5ccccc5c(cc2n1-c1nc(-n2c5ccccc5c5ccccc52)nc2ccccc12)c34. The third-order valence-electron chi connectivity index (χ3n) is 11.6. The van der Waals surface area contributed by atoms with Gasteiger partial charge >= 0.3 is 0 Å². The molecule has 0 unspecified atom stereocenters. The highest BCUT2D eigenvalue weighted by Crippen LogP contribution is 2.48. The predicted molar refractivity (Wildman–Crippen MR) is 220 cm³/mol. The van der Waals surface area contributed by atoms with Crippen LogP contribution in [0.25, 0.3) is 115 Å². The lowest BCUT2D eigenvalue weighted by molar-refractivity contribution is 0.973. The lowest BCUT2D eigenvalue weighted by Crippen LogP contribution is -2.07. The van der Waals surface area contributed by atoms with Gasteiger partial charge in [0.25, 0.3) is 0 Å². The minimum absolute atomic E-state index is 0.652. The summed E-state index contributed by atoms with van der Waals surface area (Å²) in [6, 6.07) is 59.1. The molecule has 53 heavy (non-hydrogen) atoms. The second-order valence-electron chi connectivity index (χ2n) is 14.2. The first-order valence-corrected chi connectivity index (χ1v) is 18.1. The molecule has 0 amide bonds. The molecule has 5 nitrogen and oxygen atoms in total. The van der Waals surface area contributed by atoms with Crippen molar-refractivity contribution in [3.05, 3.63) is 164 Å². The van der Waals surface area contributed by atoms with E-state index in [1.807, 2.05) is 0 Å². The predicted octanol–water partition coefficient (Wildman–Crippen LogP) is 12.1. The van der Waals surface area contributed by atoms with Gasteiger partial charge in [0.05, 0.1) is 44.1 Å². The molecule has 0 fully saturated rings. The van der Waals surface area contributed by atoms with Crippen LogP contribution in [0.2, 0.25) is 0 Å². The van der Waals surface area contributed by atoms with Gasteiger partial charge in [0.15, 0.2) is 5.82 Å². The van der Waals surface area contributed by atoms with Crippen molar-refractivity contribution >= 4 is 103 Å². The van der Waals surface area contributed by atoms with Gasteiger partial charge in [0, 0.05) is 48.5 Å². The van der Waals surface area contributed by atoms with Gasteiger partial charge in [-0.15, -0.1) is 0 Å². The topological polar surface area (TPSA) is 40.0 Å². The van der Waals surface area contributed by atoms with Gasteiger partial charge in [-0.2, -0.15) is 4.98 Å². The van der Waals surface area contributed by atoms with Crippen LogP contribution in [-0.4, -0.2) is 23.5 Å².